The summed E-state index contributed by atoms with van der Waals surface area (Å²) in [4.78, 5) is 0. The highest BCUT2D eigenvalue weighted by Gasteiger charge is 2.55. The number of aliphatic hydroxyl groups is 1. The summed E-state index contributed by atoms with van der Waals surface area (Å²) in [6.45, 7) is 3.97. The molecule has 1 heteroatoms. The van der Waals surface area contributed by atoms with Crippen molar-refractivity contribution in [2.45, 2.75) is 44.1 Å². The van der Waals surface area contributed by atoms with E-state index in [2.05, 4.69) is 12.7 Å². The van der Waals surface area contributed by atoms with Crippen molar-refractivity contribution in [1.29, 1.82) is 0 Å². The van der Waals surface area contributed by atoms with E-state index >= 15 is 0 Å². The molecule has 13 heavy (non-hydrogen) atoms. The molecular formula is C12H18O. The Kier molecular flexibility index (Phi) is 1.36. The maximum Gasteiger partial charge on any atom is 0.0661 e. The van der Waals surface area contributed by atoms with Gasteiger partial charge >= 0.3 is 0 Å². The zero-order chi connectivity index (χ0) is 9.10. The van der Waals surface area contributed by atoms with Crippen LogP contribution in [0.15, 0.2) is 12.7 Å². The molecule has 0 amide bonds. The van der Waals surface area contributed by atoms with Crippen molar-refractivity contribution < 1.29 is 5.11 Å². The van der Waals surface area contributed by atoms with Crippen LogP contribution in [0, 0.1) is 17.3 Å². The van der Waals surface area contributed by atoms with Crippen molar-refractivity contribution in [3.05, 3.63) is 12.7 Å². The Morgan fingerprint density at radius 1 is 1.15 bits per heavy atom. The van der Waals surface area contributed by atoms with Gasteiger partial charge in [0.1, 0.15) is 0 Å². The predicted octanol–water partition coefficient (Wildman–Crippen LogP) is 2.50. The molecule has 1 N–H and O–H groups in total. The molecule has 0 aromatic rings. The first-order valence-electron chi connectivity index (χ1n) is 5.49. The molecule has 0 saturated heterocycles. The Balaban J connectivity index is 2.00. The molecule has 1 nitrogen and oxygen atoms in total. The van der Waals surface area contributed by atoms with E-state index in [1.165, 1.54) is 19.3 Å². The largest absolute Gasteiger partial charge is 0.390 e. The van der Waals surface area contributed by atoms with Crippen LogP contribution >= 0.6 is 0 Å². The highest BCUT2D eigenvalue weighted by molar-refractivity contribution is 5.13. The van der Waals surface area contributed by atoms with Crippen molar-refractivity contribution >= 4 is 0 Å². The Morgan fingerprint density at radius 2 is 1.77 bits per heavy atom. The Bertz CT molecular complexity index is 242. The van der Waals surface area contributed by atoms with Gasteiger partial charge < -0.3 is 5.11 Å². The van der Waals surface area contributed by atoms with Crippen LogP contribution in [-0.4, -0.2) is 10.7 Å². The van der Waals surface area contributed by atoms with Gasteiger partial charge in [0.05, 0.1) is 5.60 Å². The maximum atomic E-state index is 10.4. The van der Waals surface area contributed by atoms with Gasteiger partial charge in [-0.05, 0) is 55.8 Å². The molecule has 4 saturated carbocycles. The number of rotatable bonds is 1. The molecule has 2 atom stereocenters. The van der Waals surface area contributed by atoms with Gasteiger partial charge in [0.25, 0.3) is 0 Å². The third-order valence-corrected chi connectivity index (χ3v) is 4.51. The van der Waals surface area contributed by atoms with E-state index in [1.54, 1.807) is 0 Å². The fourth-order valence-corrected chi connectivity index (χ4v) is 4.52. The first kappa shape index (κ1) is 8.05. The van der Waals surface area contributed by atoms with Crippen molar-refractivity contribution in [2.24, 2.45) is 17.3 Å². The van der Waals surface area contributed by atoms with Gasteiger partial charge in [0.15, 0.2) is 0 Å². The summed E-state index contributed by atoms with van der Waals surface area (Å²) in [6, 6.07) is 0. The summed E-state index contributed by atoms with van der Waals surface area (Å²) in [6.07, 6.45) is 9.24. The van der Waals surface area contributed by atoms with Crippen molar-refractivity contribution in [3.8, 4) is 0 Å². The fourth-order valence-electron chi connectivity index (χ4n) is 4.52. The quantitative estimate of drug-likeness (QED) is 0.612. The Hall–Kier alpha value is -0.300. The van der Waals surface area contributed by atoms with E-state index in [-0.39, 0.29) is 5.60 Å². The number of hydrogen-bond donors (Lipinski definition) is 1. The van der Waals surface area contributed by atoms with E-state index in [0.29, 0.717) is 5.41 Å². The standard InChI is InChI=1S/C12H18O/c1-2-11-4-9-3-10(5-11)7-12(13,6-9)8-11/h2,9-10,13H,1,3-8H2. The molecule has 4 aliphatic rings. The van der Waals surface area contributed by atoms with E-state index < -0.39 is 0 Å². The van der Waals surface area contributed by atoms with Gasteiger partial charge in [0.2, 0.25) is 0 Å². The van der Waals surface area contributed by atoms with E-state index in [9.17, 15) is 5.11 Å². The fraction of sp³-hybridized carbons (Fsp3) is 0.833. The molecule has 2 unspecified atom stereocenters. The van der Waals surface area contributed by atoms with Crippen molar-refractivity contribution in [2.75, 3.05) is 0 Å². The van der Waals surface area contributed by atoms with E-state index in [0.717, 1.165) is 31.1 Å². The summed E-state index contributed by atoms with van der Waals surface area (Å²) >= 11 is 0. The molecule has 0 aromatic carbocycles. The SMILES string of the molecule is C=CC12CC3CC(CC(O)(C3)C1)C2. The summed E-state index contributed by atoms with van der Waals surface area (Å²) < 4.78 is 0. The van der Waals surface area contributed by atoms with Crippen LogP contribution in [0.4, 0.5) is 0 Å². The molecule has 0 spiro atoms. The summed E-state index contributed by atoms with van der Waals surface area (Å²) in [5.74, 6) is 1.59. The predicted molar refractivity (Wildman–Crippen MR) is 52.3 cm³/mol. The molecule has 0 aromatic heterocycles. The average Bonchev–Trinajstić information content (AvgIpc) is 1.99. The topological polar surface area (TPSA) is 20.2 Å². The second kappa shape index (κ2) is 2.20. The van der Waals surface area contributed by atoms with Crippen LogP contribution in [0.5, 0.6) is 0 Å². The maximum absolute atomic E-state index is 10.4. The number of hydrogen-bond acceptors (Lipinski definition) is 1. The van der Waals surface area contributed by atoms with Crippen LogP contribution in [0.2, 0.25) is 0 Å². The Morgan fingerprint density at radius 3 is 2.23 bits per heavy atom. The molecule has 0 aliphatic heterocycles. The lowest BCUT2D eigenvalue weighted by molar-refractivity contribution is -0.147. The monoisotopic (exact) mass is 178 g/mol. The van der Waals surface area contributed by atoms with Crippen LogP contribution in [0.25, 0.3) is 0 Å². The van der Waals surface area contributed by atoms with Crippen LogP contribution in [0.3, 0.4) is 0 Å². The second-order valence-corrected chi connectivity index (χ2v) is 5.75. The van der Waals surface area contributed by atoms with Gasteiger partial charge in [-0.15, -0.1) is 6.58 Å². The van der Waals surface area contributed by atoms with Crippen LogP contribution in [0.1, 0.15) is 38.5 Å². The zero-order valence-electron chi connectivity index (χ0n) is 8.13. The summed E-state index contributed by atoms with van der Waals surface area (Å²) in [5.41, 5.74) is 0.0110. The molecule has 72 valence electrons. The van der Waals surface area contributed by atoms with Crippen molar-refractivity contribution in [1.82, 2.24) is 0 Å². The van der Waals surface area contributed by atoms with Gasteiger partial charge in [-0.3, -0.25) is 0 Å². The van der Waals surface area contributed by atoms with Gasteiger partial charge in [-0.25, -0.2) is 0 Å². The Labute approximate surface area is 79.8 Å². The van der Waals surface area contributed by atoms with Crippen LogP contribution < -0.4 is 0 Å². The minimum atomic E-state index is -0.307. The lowest BCUT2D eigenvalue weighted by atomic mass is 9.48. The molecule has 4 bridgehead atoms. The summed E-state index contributed by atoms with van der Waals surface area (Å²) in [5, 5.41) is 10.4. The third kappa shape index (κ3) is 1.03. The molecule has 0 heterocycles. The first-order chi connectivity index (χ1) is 6.13. The van der Waals surface area contributed by atoms with Gasteiger partial charge in [-0.1, -0.05) is 6.08 Å². The lowest BCUT2D eigenvalue weighted by Gasteiger charge is -2.59. The second-order valence-electron chi connectivity index (χ2n) is 5.75. The molecular weight excluding hydrogens is 160 g/mol. The van der Waals surface area contributed by atoms with Gasteiger partial charge in [0, 0.05) is 0 Å². The van der Waals surface area contributed by atoms with E-state index in [1.807, 2.05) is 0 Å². The minimum Gasteiger partial charge on any atom is -0.390 e. The molecule has 4 rings (SSSR count). The smallest absolute Gasteiger partial charge is 0.0661 e. The lowest BCUT2D eigenvalue weighted by Crippen LogP contribution is -2.54. The molecule has 0 radical (unpaired) electrons. The average molecular weight is 178 g/mol. The third-order valence-electron chi connectivity index (χ3n) is 4.51. The van der Waals surface area contributed by atoms with Gasteiger partial charge in [-0.2, -0.15) is 0 Å². The zero-order valence-corrected chi connectivity index (χ0v) is 8.13. The van der Waals surface area contributed by atoms with Crippen LogP contribution in [-0.2, 0) is 0 Å². The highest BCUT2D eigenvalue weighted by atomic mass is 16.3. The highest BCUT2D eigenvalue weighted by Crippen LogP contribution is 2.61. The normalized spacial score (nSPS) is 58.2. The minimum absolute atomic E-state index is 0.307. The van der Waals surface area contributed by atoms with Crippen molar-refractivity contribution in [3.63, 3.8) is 0 Å². The molecule has 4 aliphatic carbocycles. The van der Waals surface area contributed by atoms with E-state index in [4.69, 9.17) is 0 Å². The number of allylic oxidation sites excluding steroid dienone is 1. The summed E-state index contributed by atoms with van der Waals surface area (Å²) in [7, 11) is 0. The first-order valence-corrected chi connectivity index (χ1v) is 5.49. The molecule has 4 fully saturated rings.